The second-order valence-corrected chi connectivity index (χ2v) is 4.78. The molecule has 0 unspecified atom stereocenters. The first kappa shape index (κ1) is 23.4. The number of hydrogen-bond acceptors (Lipinski definition) is 9. The number of amides is 2. The lowest BCUT2D eigenvalue weighted by atomic mass is 10.4. The normalized spacial score (nSPS) is 13.6. The van der Waals surface area contributed by atoms with Gasteiger partial charge in [0.05, 0.1) is 46.2 Å². The van der Waals surface area contributed by atoms with Crippen LogP contribution in [0.2, 0.25) is 0 Å². The molecule has 10 heteroatoms. The second-order valence-electron chi connectivity index (χ2n) is 4.78. The number of ether oxygens (including phenoxy) is 4. The number of hydroxylamine groups is 2. The van der Waals surface area contributed by atoms with E-state index in [2.05, 4.69) is 4.84 Å². The highest BCUT2D eigenvalue weighted by atomic mass is 16.7. The SMILES string of the molecule is CC(=O)ON1C(=O)CCC1=O.COCCOCCOCCOCCN. The third-order valence-corrected chi connectivity index (χ3v) is 2.66. The van der Waals surface area contributed by atoms with Gasteiger partial charge in [0.1, 0.15) is 0 Å². The first-order valence-corrected chi connectivity index (χ1v) is 7.99. The number of methoxy groups -OCH3 is 1. The van der Waals surface area contributed by atoms with Crippen LogP contribution in [0.1, 0.15) is 19.8 Å². The standard InChI is InChI=1S/C9H21NO4.C6H7NO4/c1-11-4-5-13-8-9-14-7-6-12-3-2-10;1-4(8)11-7-5(9)2-3-6(7)10/h2-10H2,1H3;2-3H2,1H3. The van der Waals surface area contributed by atoms with E-state index < -0.39 is 17.8 Å². The number of carbonyl (C=O) groups excluding carboxylic acids is 3. The Morgan fingerprint density at radius 2 is 1.36 bits per heavy atom. The van der Waals surface area contributed by atoms with Gasteiger partial charge in [0.15, 0.2) is 0 Å². The van der Waals surface area contributed by atoms with E-state index in [0.717, 1.165) is 6.92 Å². The predicted octanol–water partition coefficient (Wildman–Crippen LogP) is -0.745. The molecule has 0 atom stereocenters. The maximum Gasteiger partial charge on any atom is 0.330 e. The summed E-state index contributed by atoms with van der Waals surface area (Å²) in [6, 6.07) is 0. The molecule has 1 aliphatic heterocycles. The Morgan fingerprint density at radius 3 is 1.76 bits per heavy atom. The molecule has 1 aliphatic rings. The third kappa shape index (κ3) is 13.4. The molecule has 1 saturated heterocycles. The highest BCUT2D eigenvalue weighted by Crippen LogP contribution is 2.11. The topological polar surface area (TPSA) is 127 Å². The zero-order valence-electron chi connectivity index (χ0n) is 14.9. The second kappa shape index (κ2) is 15.9. The van der Waals surface area contributed by atoms with Crippen molar-refractivity contribution >= 4 is 17.8 Å². The van der Waals surface area contributed by atoms with Crippen LogP contribution in [0.5, 0.6) is 0 Å². The summed E-state index contributed by atoms with van der Waals surface area (Å²) < 4.78 is 20.4. The summed E-state index contributed by atoms with van der Waals surface area (Å²) in [7, 11) is 1.65. The molecular weight excluding hydrogens is 336 g/mol. The summed E-state index contributed by atoms with van der Waals surface area (Å²) in [6.07, 6.45) is 0.262. The summed E-state index contributed by atoms with van der Waals surface area (Å²) in [4.78, 5) is 36.1. The van der Waals surface area contributed by atoms with Crippen LogP contribution < -0.4 is 5.73 Å². The molecule has 146 valence electrons. The van der Waals surface area contributed by atoms with Crippen LogP contribution in [-0.2, 0) is 38.2 Å². The highest BCUT2D eigenvalue weighted by molar-refractivity contribution is 6.01. The average molecular weight is 364 g/mol. The lowest BCUT2D eigenvalue weighted by Crippen LogP contribution is -2.30. The molecule has 1 fully saturated rings. The molecule has 0 aliphatic carbocycles. The van der Waals surface area contributed by atoms with Crippen LogP contribution in [0.15, 0.2) is 0 Å². The maximum atomic E-state index is 10.7. The van der Waals surface area contributed by atoms with E-state index in [1.165, 1.54) is 0 Å². The van der Waals surface area contributed by atoms with Crippen molar-refractivity contribution < 1.29 is 38.2 Å². The monoisotopic (exact) mass is 364 g/mol. The molecule has 2 amide bonds. The van der Waals surface area contributed by atoms with Crippen molar-refractivity contribution in [2.75, 3.05) is 59.9 Å². The van der Waals surface area contributed by atoms with Crippen LogP contribution in [0.4, 0.5) is 0 Å². The molecule has 2 N–H and O–H groups in total. The molecular formula is C15H28N2O8. The van der Waals surface area contributed by atoms with Gasteiger partial charge in [0, 0.05) is 33.4 Å². The molecule has 1 rings (SSSR count). The van der Waals surface area contributed by atoms with Gasteiger partial charge in [-0.15, -0.1) is 5.06 Å². The zero-order chi connectivity index (χ0) is 18.9. The quantitative estimate of drug-likeness (QED) is 0.352. The number of imide groups is 1. The van der Waals surface area contributed by atoms with Crippen molar-refractivity contribution in [1.29, 1.82) is 0 Å². The molecule has 25 heavy (non-hydrogen) atoms. The molecule has 0 aromatic carbocycles. The van der Waals surface area contributed by atoms with Gasteiger partial charge in [-0.1, -0.05) is 0 Å². The maximum absolute atomic E-state index is 10.7. The van der Waals surface area contributed by atoms with Crippen molar-refractivity contribution in [2.45, 2.75) is 19.8 Å². The molecule has 10 nitrogen and oxygen atoms in total. The molecule has 0 saturated carbocycles. The van der Waals surface area contributed by atoms with Crippen molar-refractivity contribution in [1.82, 2.24) is 5.06 Å². The van der Waals surface area contributed by atoms with Crippen molar-refractivity contribution in [3.63, 3.8) is 0 Å². The molecule has 1 heterocycles. The van der Waals surface area contributed by atoms with E-state index in [4.69, 9.17) is 24.7 Å². The lowest BCUT2D eigenvalue weighted by molar-refractivity contribution is -0.195. The predicted molar refractivity (Wildman–Crippen MR) is 86.2 cm³/mol. The third-order valence-electron chi connectivity index (χ3n) is 2.66. The lowest BCUT2D eigenvalue weighted by Gasteiger charge is -2.09. The van der Waals surface area contributed by atoms with E-state index in [1.807, 2.05) is 0 Å². The Morgan fingerprint density at radius 1 is 0.920 bits per heavy atom. The molecule has 0 spiro atoms. The zero-order valence-corrected chi connectivity index (χ0v) is 14.9. The van der Waals surface area contributed by atoms with Gasteiger partial charge >= 0.3 is 5.97 Å². The van der Waals surface area contributed by atoms with Crippen LogP contribution in [-0.4, -0.2) is 82.7 Å². The van der Waals surface area contributed by atoms with E-state index in [0.29, 0.717) is 57.9 Å². The smallest absolute Gasteiger partial charge is 0.330 e. The van der Waals surface area contributed by atoms with Gasteiger partial charge in [0.2, 0.25) is 0 Å². The fourth-order valence-corrected chi connectivity index (χ4v) is 1.55. The Bertz CT molecular complexity index is 364. The van der Waals surface area contributed by atoms with Gasteiger partial charge in [-0.2, -0.15) is 0 Å². The summed E-state index contributed by atoms with van der Waals surface area (Å²) >= 11 is 0. The van der Waals surface area contributed by atoms with Crippen molar-refractivity contribution in [2.24, 2.45) is 5.73 Å². The minimum Gasteiger partial charge on any atom is -0.382 e. The minimum absolute atomic E-state index is 0.131. The first-order valence-electron chi connectivity index (χ1n) is 7.99. The number of rotatable bonds is 12. The minimum atomic E-state index is -0.659. The number of carbonyl (C=O) groups is 3. The number of nitrogens with zero attached hydrogens (tertiary/aromatic N) is 1. The molecule has 0 bridgehead atoms. The first-order chi connectivity index (χ1) is 12.0. The summed E-state index contributed by atoms with van der Waals surface area (Å²) in [5.74, 6) is -1.57. The van der Waals surface area contributed by atoms with Crippen LogP contribution in [0, 0.1) is 0 Å². The van der Waals surface area contributed by atoms with Crippen LogP contribution >= 0.6 is 0 Å². The fourth-order valence-electron chi connectivity index (χ4n) is 1.55. The Hall–Kier alpha value is -1.59. The summed E-state index contributed by atoms with van der Waals surface area (Å²) in [6.45, 7) is 5.90. The molecule has 0 radical (unpaired) electrons. The van der Waals surface area contributed by atoms with Crippen LogP contribution in [0.3, 0.4) is 0 Å². The number of nitrogens with two attached hydrogens (primary N) is 1. The Labute approximate surface area is 147 Å². The van der Waals surface area contributed by atoms with Crippen molar-refractivity contribution in [3.8, 4) is 0 Å². The molecule has 0 aromatic heterocycles. The summed E-state index contributed by atoms with van der Waals surface area (Å²) in [5.41, 5.74) is 5.24. The Balaban J connectivity index is 0.000000472. The number of hydrogen-bond donors (Lipinski definition) is 1. The van der Waals surface area contributed by atoms with E-state index in [1.54, 1.807) is 7.11 Å². The van der Waals surface area contributed by atoms with Gasteiger partial charge in [-0.25, -0.2) is 4.79 Å². The van der Waals surface area contributed by atoms with E-state index >= 15 is 0 Å². The van der Waals surface area contributed by atoms with E-state index in [-0.39, 0.29) is 12.8 Å². The highest BCUT2D eigenvalue weighted by Gasteiger charge is 2.31. The van der Waals surface area contributed by atoms with Gasteiger partial charge in [-0.05, 0) is 0 Å². The average Bonchev–Trinajstić information content (AvgIpc) is 2.89. The van der Waals surface area contributed by atoms with Crippen LogP contribution in [0.25, 0.3) is 0 Å². The van der Waals surface area contributed by atoms with E-state index in [9.17, 15) is 14.4 Å². The summed E-state index contributed by atoms with van der Waals surface area (Å²) in [5, 5.41) is 0.516. The fraction of sp³-hybridized carbons (Fsp3) is 0.800. The Kier molecular flexibility index (Phi) is 14.9. The largest absolute Gasteiger partial charge is 0.382 e. The van der Waals surface area contributed by atoms with Gasteiger partial charge < -0.3 is 29.5 Å². The van der Waals surface area contributed by atoms with Crippen molar-refractivity contribution in [3.05, 3.63) is 0 Å². The van der Waals surface area contributed by atoms with Gasteiger partial charge in [0.25, 0.3) is 11.8 Å². The molecule has 0 aromatic rings. The van der Waals surface area contributed by atoms with Gasteiger partial charge in [-0.3, -0.25) is 9.59 Å².